The van der Waals surface area contributed by atoms with Gasteiger partial charge < -0.3 is 19.7 Å². The van der Waals surface area contributed by atoms with Crippen molar-refractivity contribution in [1.29, 1.82) is 0 Å². The summed E-state index contributed by atoms with van der Waals surface area (Å²) in [7, 11) is 1.12. The topological polar surface area (TPSA) is 113 Å². The lowest BCUT2D eigenvalue weighted by Crippen LogP contribution is -2.52. The molecule has 8 heteroatoms. The number of hydrogen-bond acceptors (Lipinski definition) is 7. The van der Waals surface area contributed by atoms with Crippen LogP contribution in [0, 0.1) is 23.7 Å². The summed E-state index contributed by atoms with van der Waals surface area (Å²) in [5, 5.41) is 23.2. The number of methoxy groups -OCH3 is 1. The molecule has 3 amide bonds. The van der Waals surface area contributed by atoms with Crippen molar-refractivity contribution in [2.24, 2.45) is 23.7 Å². The molecule has 2 aliphatic heterocycles. The quantitative estimate of drug-likeness (QED) is 0.676. The van der Waals surface area contributed by atoms with Crippen LogP contribution in [0.3, 0.4) is 0 Å². The van der Waals surface area contributed by atoms with Gasteiger partial charge in [-0.3, -0.25) is 9.59 Å². The Morgan fingerprint density at radius 2 is 1.84 bits per heavy atom. The van der Waals surface area contributed by atoms with Gasteiger partial charge in [0, 0.05) is 17.2 Å². The van der Waals surface area contributed by atoms with Crippen LogP contribution in [0.2, 0.25) is 0 Å². The molecule has 31 heavy (non-hydrogen) atoms. The number of nitrogens with zero attached hydrogens (tertiary/aromatic N) is 1. The number of carbonyl (C=O) groups is 3. The third-order valence-electron chi connectivity index (χ3n) is 7.19. The van der Waals surface area contributed by atoms with E-state index in [1.807, 2.05) is 18.2 Å². The SMILES string of the molecule is COC(=O)N1C(=O)[C@H]2[C@H](C[C@H](C)[C@@]3(O)O[C@H](c4ccc(O)c5ccccc45)C[C@@H]23)C1=O. The van der Waals surface area contributed by atoms with Crippen molar-refractivity contribution in [2.45, 2.75) is 31.7 Å². The number of imide groups is 3. The van der Waals surface area contributed by atoms with Gasteiger partial charge in [0.05, 0.1) is 25.0 Å². The number of phenols is 1. The van der Waals surface area contributed by atoms with Gasteiger partial charge in [-0.1, -0.05) is 37.3 Å². The third kappa shape index (κ3) is 2.64. The Labute approximate surface area is 178 Å². The predicted molar refractivity (Wildman–Crippen MR) is 108 cm³/mol. The highest BCUT2D eigenvalue weighted by molar-refractivity contribution is 6.15. The van der Waals surface area contributed by atoms with Crippen LogP contribution in [0.15, 0.2) is 36.4 Å². The van der Waals surface area contributed by atoms with Gasteiger partial charge in [0.25, 0.3) is 0 Å². The Morgan fingerprint density at radius 3 is 2.55 bits per heavy atom. The average Bonchev–Trinajstić information content (AvgIpc) is 3.23. The molecule has 2 saturated heterocycles. The summed E-state index contributed by atoms with van der Waals surface area (Å²) in [6.07, 6.45) is -0.985. The fourth-order valence-corrected chi connectivity index (χ4v) is 5.70. The molecular weight excluding hydrogens is 402 g/mol. The van der Waals surface area contributed by atoms with E-state index in [0.29, 0.717) is 16.7 Å². The number of fused-ring (bicyclic) bond motifs is 4. The Morgan fingerprint density at radius 1 is 1.13 bits per heavy atom. The monoisotopic (exact) mass is 425 g/mol. The van der Waals surface area contributed by atoms with E-state index >= 15 is 0 Å². The smallest absolute Gasteiger partial charge is 0.423 e. The molecule has 2 aromatic rings. The van der Waals surface area contributed by atoms with Gasteiger partial charge in [-0.2, -0.15) is 4.90 Å². The molecule has 2 aromatic carbocycles. The van der Waals surface area contributed by atoms with E-state index in [1.54, 1.807) is 25.1 Å². The van der Waals surface area contributed by atoms with Crippen molar-refractivity contribution < 1.29 is 34.1 Å². The van der Waals surface area contributed by atoms with Crippen LogP contribution in [-0.4, -0.2) is 45.9 Å². The minimum atomic E-state index is -1.60. The molecule has 0 bridgehead atoms. The lowest BCUT2D eigenvalue weighted by molar-refractivity contribution is -0.265. The molecule has 0 aromatic heterocycles. The van der Waals surface area contributed by atoms with Crippen LogP contribution >= 0.6 is 0 Å². The maximum atomic E-state index is 13.0. The Balaban J connectivity index is 1.55. The normalized spacial score (nSPS) is 34.7. The molecule has 162 valence electrons. The number of benzene rings is 2. The highest BCUT2D eigenvalue weighted by atomic mass is 16.6. The number of carbonyl (C=O) groups excluding carboxylic acids is 3. The van der Waals surface area contributed by atoms with Gasteiger partial charge in [-0.15, -0.1) is 0 Å². The van der Waals surface area contributed by atoms with Gasteiger partial charge in [0.1, 0.15) is 5.75 Å². The first-order valence-corrected chi connectivity index (χ1v) is 10.3. The highest BCUT2D eigenvalue weighted by Crippen LogP contribution is 2.58. The number of aromatic hydroxyl groups is 1. The second-order valence-electron chi connectivity index (χ2n) is 8.67. The maximum Gasteiger partial charge on any atom is 0.423 e. The molecule has 6 atom stereocenters. The van der Waals surface area contributed by atoms with Crippen LogP contribution in [0.5, 0.6) is 5.75 Å². The van der Waals surface area contributed by atoms with E-state index in [1.165, 1.54) is 0 Å². The zero-order valence-electron chi connectivity index (χ0n) is 17.1. The van der Waals surface area contributed by atoms with Gasteiger partial charge in [0.2, 0.25) is 11.8 Å². The lowest BCUT2D eigenvalue weighted by atomic mass is 9.65. The number of likely N-dealkylation sites (tertiary alicyclic amines) is 1. The molecule has 3 fully saturated rings. The molecule has 1 saturated carbocycles. The molecule has 0 spiro atoms. The van der Waals surface area contributed by atoms with Gasteiger partial charge >= 0.3 is 6.09 Å². The van der Waals surface area contributed by atoms with E-state index in [-0.39, 0.29) is 12.2 Å². The number of rotatable bonds is 1. The summed E-state index contributed by atoms with van der Waals surface area (Å²) >= 11 is 0. The molecule has 2 heterocycles. The summed E-state index contributed by atoms with van der Waals surface area (Å²) < 4.78 is 10.8. The number of hydrogen-bond donors (Lipinski definition) is 2. The molecular formula is C23H23NO7. The fourth-order valence-electron chi connectivity index (χ4n) is 5.70. The number of ether oxygens (including phenoxy) is 2. The van der Waals surface area contributed by atoms with Crippen molar-refractivity contribution in [2.75, 3.05) is 7.11 Å². The molecule has 0 unspecified atom stereocenters. The number of amides is 3. The summed E-state index contributed by atoms with van der Waals surface area (Å²) in [5.41, 5.74) is 0.793. The number of aliphatic hydroxyl groups is 1. The number of phenolic OH excluding ortho intramolecular Hbond substituents is 1. The van der Waals surface area contributed by atoms with E-state index in [0.717, 1.165) is 18.1 Å². The minimum absolute atomic E-state index is 0.146. The van der Waals surface area contributed by atoms with Crippen LogP contribution in [0.4, 0.5) is 4.79 Å². The fraction of sp³-hybridized carbons (Fsp3) is 0.435. The third-order valence-corrected chi connectivity index (χ3v) is 7.19. The molecule has 8 nitrogen and oxygen atoms in total. The Bertz CT molecular complexity index is 1110. The summed E-state index contributed by atoms with van der Waals surface area (Å²) in [5.74, 6) is -5.27. The molecule has 1 aliphatic carbocycles. The largest absolute Gasteiger partial charge is 0.507 e. The molecule has 3 aliphatic rings. The van der Waals surface area contributed by atoms with Gasteiger partial charge in [-0.05, 0) is 29.9 Å². The van der Waals surface area contributed by atoms with E-state index in [2.05, 4.69) is 4.74 Å². The molecule has 0 radical (unpaired) electrons. The van der Waals surface area contributed by atoms with Crippen molar-refractivity contribution in [1.82, 2.24) is 4.90 Å². The van der Waals surface area contributed by atoms with E-state index in [9.17, 15) is 24.6 Å². The standard InChI is InChI=1S/C23H23NO7/c1-11-9-15-19(21(27)24(20(15)26)22(28)30-2)16-10-18(31-23(11,16)29)14-7-8-17(25)13-6-4-3-5-12(13)14/h3-8,11,15-16,18-19,25,29H,9-10H2,1-2H3/t11-,15-,16-,18-,19-,23+/m0/s1. The average molecular weight is 425 g/mol. The second kappa shape index (κ2) is 6.77. The van der Waals surface area contributed by atoms with Gasteiger partial charge in [-0.25, -0.2) is 4.79 Å². The van der Waals surface area contributed by atoms with Crippen LogP contribution < -0.4 is 0 Å². The summed E-state index contributed by atoms with van der Waals surface area (Å²) in [4.78, 5) is 38.5. The van der Waals surface area contributed by atoms with Crippen molar-refractivity contribution in [3.8, 4) is 5.75 Å². The van der Waals surface area contributed by atoms with Crippen molar-refractivity contribution in [3.05, 3.63) is 42.0 Å². The minimum Gasteiger partial charge on any atom is -0.507 e. The summed E-state index contributed by atoms with van der Waals surface area (Å²) in [6.45, 7) is 1.79. The first-order chi connectivity index (χ1) is 14.8. The van der Waals surface area contributed by atoms with Crippen molar-refractivity contribution >= 4 is 28.7 Å². The van der Waals surface area contributed by atoms with Crippen molar-refractivity contribution in [3.63, 3.8) is 0 Å². The van der Waals surface area contributed by atoms with Crippen LogP contribution in [-0.2, 0) is 19.1 Å². The van der Waals surface area contributed by atoms with Gasteiger partial charge in [0.15, 0.2) is 5.79 Å². The van der Waals surface area contributed by atoms with Crippen LogP contribution in [0.1, 0.15) is 31.4 Å². The Kier molecular flexibility index (Phi) is 4.36. The maximum absolute atomic E-state index is 13.0. The first-order valence-electron chi connectivity index (χ1n) is 10.3. The molecule has 2 N–H and O–H groups in total. The van der Waals surface area contributed by atoms with E-state index < -0.39 is 53.5 Å². The highest BCUT2D eigenvalue weighted by Gasteiger charge is 2.66. The summed E-state index contributed by atoms with van der Waals surface area (Å²) in [6, 6.07) is 10.7. The first kappa shape index (κ1) is 20.0. The van der Waals surface area contributed by atoms with E-state index in [4.69, 9.17) is 4.74 Å². The Hall–Kier alpha value is -2.97. The second-order valence-corrected chi connectivity index (χ2v) is 8.67. The van der Waals surface area contributed by atoms with Crippen LogP contribution in [0.25, 0.3) is 10.8 Å². The predicted octanol–water partition coefficient (Wildman–Crippen LogP) is 2.72. The zero-order valence-corrected chi connectivity index (χ0v) is 17.1. The lowest BCUT2D eigenvalue weighted by Gasteiger charge is -2.43. The molecule has 5 rings (SSSR count). The zero-order chi connectivity index (χ0) is 22.1.